The topological polar surface area (TPSA) is 116 Å². The molecular formula is C26H42ClF3N6O4S. The molecular weight excluding hydrogens is 585 g/mol. The molecule has 234 valence electrons. The van der Waals surface area contributed by atoms with Crippen molar-refractivity contribution >= 4 is 35.2 Å². The van der Waals surface area contributed by atoms with Crippen molar-refractivity contribution in [3.05, 3.63) is 0 Å². The molecule has 41 heavy (non-hydrogen) atoms. The fourth-order valence-electron chi connectivity index (χ4n) is 7.35. The molecule has 2 amide bonds. The molecule has 5 saturated heterocycles. The second kappa shape index (κ2) is 13.0. The van der Waals surface area contributed by atoms with Gasteiger partial charge < -0.3 is 20.3 Å². The number of carbonyl (C=O) groups excluding carboxylic acids is 2. The van der Waals surface area contributed by atoms with Gasteiger partial charge in [0.05, 0.1) is 23.4 Å². The number of hydrogen-bond donors (Lipinski definition) is 5. The molecule has 5 aliphatic heterocycles. The molecule has 0 saturated carbocycles. The van der Waals surface area contributed by atoms with Gasteiger partial charge in [0.1, 0.15) is 11.7 Å². The van der Waals surface area contributed by atoms with Crippen molar-refractivity contribution in [3.63, 3.8) is 0 Å². The third-order valence-corrected chi connectivity index (χ3v) is 11.1. The molecule has 5 rings (SSSR count). The average molecular weight is 627 g/mol. The van der Waals surface area contributed by atoms with E-state index in [0.717, 1.165) is 12.8 Å². The summed E-state index contributed by atoms with van der Waals surface area (Å²) >= 11 is 8.07. The third kappa shape index (κ3) is 7.44. The number of fused-ring (bicyclic) bond motifs is 1. The molecule has 5 aliphatic rings. The van der Waals surface area contributed by atoms with Gasteiger partial charge >= 0.3 is 6.36 Å². The van der Waals surface area contributed by atoms with E-state index in [4.69, 9.17) is 16.3 Å². The molecule has 12 atom stereocenters. The van der Waals surface area contributed by atoms with Crippen LogP contribution in [0.1, 0.15) is 39.5 Å². The summed E-state index contributed by atoms with van der Waals surface area (Å²) in [6, 6.07) is -0.0950. The van der Waals surface area contributed by atoms with Crippen LogP contribution in [0.2, 0.25) is 0 Å². The van der Waals surface area contributed by atoms with Gasteiger partial charge in [-0.1, -0.05) is 0 Å². The highest BCUT2D eigenvalue weighted by Gasteiger charge is 2.48. The van der Waals surface area contributed by atoms with Crippen molar-refractivity contribution < 1.29 is 32.2 Å². The van der Waals surface area contributed by atoms with Crippen LogP contribution in [0, 0.1) is 23.7 Å². The quantitative estimate of drug-likeness (QED) is 0.220. The van der Waals surface area contributed by atoms with Gasteiger partial charge in [-0.15, -0.1) is 36.5 Å². The van der Waals surface area contributed by atoms with Crippen molar-refractivity contribution in [3.8, 4) is 0 Å². The first-order valence-electron chi connectivity index (χ1n) is 14.6. The Morgan fingerprint density at radius 1 is 1.02 bits per heavy atom. The van der Waals surface area contributed by atoms with Crippen molar-refractivity contribution in [1.29, 1.82) is 0 Å². The zero-order chi connectivity index (χ0) is 29.5. The minimum atomic E-state index is -4.71. The lowest BCUT2D eigenvalue weighted by Crippen LogP contribution is -2.57. The fourth-order valence-corrected chi connectivity index (χ4v) is 9.05. The Morgan fingerprint density at radius 3 is 2.49 bits per heavy atom. The Bertz CT molecular complexity index is 941. The number of alkyl halides is 4. The predicted molar refractivity (Wildman–Crippen MR) is 149 cm³/mol. The standard InChI is InChI=1S/C26H42ClF3N6O4S/c1-12-6-15(16-7-21(27)32-9-19(16)39-3)17(8-31-12)23(37)35-25-34-18-10-36(11-20(18)41-25)24(38)14-4-5-22(33-13(14)2)40-26(28,29)30/h12-22,25,31-34H,4-11H2,1-3H3,(H,35,37). The number of halogens is 4. The minimum Gasteiger partial charge on any atom is -0.380 e. The highest BCUT2D eigenvalue weighted by atomic mass is 35.5. The molecule has 15 heteroatoms. The summed E-state index contributed by atoms with van der Waals surface area (Å²) < 4.78 is 47.7. The number of piperidine rings is 3. The Labute approximate surface area is 248 Å². The van der Waals surface area contributed by atoms with Crippen LogP contribution in [0.3, 0.4) is 0 Å². The summed E-state index contributed by atoms with van der Waals surface area (Å²) in [7, 11) is 1.71. The Morgan fingerprint density at radius 2 is 1.80 bits per heavy atom. The molecule has 5 N–H and O–H groups in total. The van der Waals surface area contributed by atoms with Crippen molar-refractivity contribution in [2.75, 3.05) is 33.3 Å². The van der Waals surface area contributed by atoms with E-state index in [2.05, 4.69) is 38.2 Å². The Hall–Kier alpha value is -0.870. The first kappa shape index (κ1) is 31.6. The Balaban J connectivity index is 1.13. The van der Waals surface area contributed by atoms with Gasteiger partial charge in [-0.25, -0.2) is 0 Å². The molecule has 5 fully saturated rings. The number of ether oxygens (including phenoxy) is 2. The number of amides is 2. The monoisotopic (exact) mass is 626 g/mol. The molecule has 0 radical (unpaired) electrons. The van der Waals surface area contributed by atoms with Gasteiger partial charge in [-0.3, -0.25) is 30.3 Å². The van der Waals surface area contributed by atoms with Crippen LogP contribution in [-0.4, -0.2) is 103 Å². The maximum Gasteiger partial charge on any atom is 0.524 e. The zero-order valence-electron chi connectivity index (χ0n) is 23.6. The van der Waals surface area contributed by atoms with Gasteiger partial charge in [0.25, 0.3) is 0 Å². The van der Waals surface area contributed by atoms with Crippen LogP contribution in [0.25, 0.3) is 0 Å². The van der Waals surface area contributed by atoms with E-state index in [0.29, 0.717) is 38.6 Å². The fraction of sp³-hybridized carbons (Fsp3) is 0.923. The summed E-state index contributed by atoms with van der Waals surface area (Å²) in [5.41, 5.74) is -0.392. The van der Waals surface area contributed by atoms with Crippen molar-refractivity contribution in [1.82, 2.24) is 31.5 Å². The molecule has 0 aromatic rings. The average Bonchev–Trinajstić information content (AvgIpc) is 3.46. The maximum absolute atomic E-state index is 13.6. The van der Waals surface area contributed by atoms with Gasteiger partial charge in [-0.05, 0) is 51.4 Å². The lowest BCUT2D eigenvalue weighted by Gasteiger charge is -2.45. The summed E-state index contributed by atoms with van der Waals surface area (Å²) in [4.78, 5) is 28.7. The smallest absolute Gasteiger partial charge is 0.380 e. The van der Waals surface area contributed by atoms with Crippen LogP contribution >= 0.6 is 23.4 Å². The van der Waals surface area contributed by atoms with Crippen LogP contribution in [0.5, 0.6) is 0 Å². The van der Waals surface area contributed by atoms with E-state index >= 15 is 0 Å². The number of hydrogen-bond acceptors (Lipinski definition) is 9. The first-order valence-corrected chi connectivity index (χ1v) is 15.9. The lowest BCUT2D eigenvalue weighted by molar-refractivity contribution is -0.349. The number of thioether (sulfide) groups is 1. The second-order valence-corrected chi connectivity index (χ2v) is 14.0. The van der Waals surface area contributed by atoms with E-state index in [1.807, 2.05) is 0 Å². The van der Waals surface area contributed by atoms with Crippen LogP contribution in [0.4, 0.5) is 13.2 Å². The first-order chi connectivity index (χ1) is 19.4. The molecule has 0 aromatic carbocycles. The number of carbonyl (C=O) groups is 2. The summed E-state index contributed by atoms with van der Waals surface area (Å²) in [6.07, 6.45) is -3.78. The highest BCUT2D eigenvalue weighted by molar-refractivity contribution is 8.00. The zero-order valence-corrected chi connectivity index (χ0v) is 25.2. The van der Waals surface area contributed by atoms with E-state index in [1.54, 1.807) is 30.7 Å². The van der Waals surface area contributed by atoms with Crippen LogP contribution < -0.4 is 26.6 Å². The summed E-state index contributed by atoms with van der Waals surface area (Å²) in [5, 5.41) is 16.3. The van der Waals surface area contributed by atoms with Crippen molar-refractivity contribution in [2.45, 2.75) is 92.6 Å². The van der Waals surface area contributed by atoms with Gasteiger partial charge in [0.2, 0.25) is 11.8 Å². The molecule has 12 unspecified atom stereocenters. The predicted octanol–water partition coefficient (Wildman–Crippen LogP) is 1.36. The van der Waals surface area contributed by atoms with E-state index < -0.39 is 24.6 Å². The lowest BCUT2D eigenvalue weighted by atomic mass is 9.70. The number of methoxy groups -OCH3 is 1. The number of likely N-dealkylation sites (tertiary alicyclic amines) is 1. The SMILES string of the molecule is COC1CNC(Cl)CC1C1CC(C)NCC1C(=O)NC1NC2CN(C(=O)C3CCC(OC(F)(F)F)NC3C)CC2S1. The molecule has 0 spiro atoms. The van der Waals surface area contributed by atoms with Crippen molar-refractivity contribution in [2.24, 2.45) is 23.7 Å². The molecule has 10 nitrogen and oxygen atoms in total. The minimum absolute atomic E-state index is 0.00240. The van der Waals surface area contributed by atoms with E-state index in [-0.39, 0.29) is 64.4 Å². The van der Waals surface area contributed by atoms with E-state index in [9.17, 15) is 22.8 Å². The van der Waals surface area contributed by atoms with Gasteiger partial charge in [-0.2, -0.15) is 0 Å². The highest BCUT2D eigenvalue weighted by Crippen LogP contribution is 2.39. The molecule has 0 aromatic heterocycles. The maximum atomic E-state index is 13.6. The Kier molecular flexibility index (Phi) is 10.0. The third-order valence-electron chi connectivity index (χ3n) is 9.43. The number of rotatable bonds is 6. The normalized spacial score (nSPS) is 43.5. The largest absolute Gasteiger partial charge is 0.524 e. The molecule has 5 heterocycles. The van der Waals surface area contributed by atoms with Crippen LogP contribution in [0.15, 0.2) is 0 Å². The summed E-state index contributed by atoms with van der Waals surface area (Å²) in [5.74, 6) is -0.332. The number of nitrogens with zero attached hydrogens (tertiary/aromatic N) is 1. The van der Waals surface area contributed by atoms with Gasteiger partial charge in [0, 0.05) is 56.7 Å². The number of nitrogens with one attached hydrogen (secondary N) is 5. The summed E-state index contributed by atoms with van der Waals surface area (Å²) in [6.45, 7) is 6.17. The van der Waals surface area contributed by atoms with Gasteiger partial charge in [0.15, 0.2) is 0 Å². The van der Waals surface area contributed by atoms with E-state index in [1.165, 1.54) is 0 Å². The second-order valence-electron chi connectivity index (χ2n) is 12.1. The molecule has 0 aliphatic carbocycles. The molecule has 0 bridgehead atoms. The van der Waals surface area contributed by atoms with Crippen LogP contribution in [-0.2, 0) is 19.1 Å².